The lowest BCUT2D eigenvalue weighted by molar-refractivity contribution is 0.591. The van der Waals surface area contributed by atoms with Crippen LogP contribution in [0, 0.1) is 6.92 Å². The first-order valence-corrected chi connectivity index (χ1v) is 8.74. The number of nitrogens with zero attached hydrogens (tertiary/aromatic N) is 1. The number of rotatable bonds is 4. The van der Waals surface area contributed by atoms with Crippen molar-refractivity contribution in [2.24, 2.45) is 0 Å². The van der Waals surface area contributed by atoms with Gasteiger partial charge in [0, 0.05) is 16.7 Å². The molecule has 2 rings (SSSR count). The van der Waals surface area contributed by atoms with Crippen LogP contribution in [-0.4, -0.2) is 15.0 Å². The summed E-state index contributed by atoms with van der Waals surface area (Å²) in [5, 5.41) is 0. The van der Waals surface area contributed by atoms with Gasteiger partial charge in [-0.25, -0.2) is 8.42 Å². The third-order valence-corrected chi connectivity index (χ3v) is 6.00. The van der Waals surface area contributed by atoms with Gasteiger partial charge in [-0.05, 0) is 65.7 Å². The molecule has 0 amide bonds. The Labute approximate surface area is 133 Å². The summed E-state index contributed by atoms with van der Waals surface area (Å²) in [7, 11) is -3.67. The predicted octanol–water partition coefficient (Wildman–Crippen LogP) is 3.55. The molecule has 0 radical (unpaired) electrons. The number of sulfonamides is 1. The zero-order valence-corrected chi connectivity index (χ0v) is 14.3. The number of aryl methyl sites for hydroxylation is 1. The summed E-state index contributed by atoms with van der Waals surface area (Å²) in [6, 6.07) is 12.2. The first-order chi connectivity index (χ1) is 9.86. The average molecular weight is 369 g/mol. The highest BCUT2D eigenvalue weighted by Gasteiger charge is 2.26. The summed E-state index contributed by atoms with van der Waals surface area (Å²) in [6.07, 6.45) is 0. The molecule has 0 bridgehead atoms. The molecular weight excluding hydrogens is 352 g/mol. The van der Waals surface area contributed by atoms with Crippen molar-refractivity contribution in [2.45, 2.75) is 18.7 Å². The fourth-order valence-corrected chi connectivity index (χ4v) is 4.54. The third kappa shape index (κ3) is 3.22. The molecule has 0 saturated heterocycles. The predicted molar refractivity (Wildman–Crippen MR) is 89.9 cm³/mol. The van der Waals surface area contributed by atoms with Gasteiger partial charge >= 0.3 is 0 Å². The molecule has 0 fully saturated rings. The summed E-state index contributed by atoms with van der Waals surface area (Å²) >= 11 is 3.29. The summed E-state index contributed by atoms with van der Waals surface area (Å²) in [4.78, 5) is 0.172. The third-order valence-electron chi connectivity index (χ3n) is 3.10. The van der Waals surface area contributed by atoms with Crippen molar-refractivity contribution in [2.75, 3.05) is 16.6 Å². The molecular formula is C15H17BrN2O2S. The van der Waals surface area contributed by atoms with Gasteiger partial charge in [-0.15, -0.1) is 0 Å². The molecule has 0 aliphatic carbocycles. The van der Waals surface area contributed by atoms with Crippen LogP contribution in [0.1, 0.15) is 12.5 Å². The van der Waals surface area contributed by atoms with Gasteiger partial charge in [-0.3, -0.25) is 4.31 Å². The molecule has 2 N–H and O–H groups in total. The minimum absolute atomic E-state index is 0.172. The van der Waals surface area contributed by atoms with E-state index in [0.717, 1.165) is 5.56 Å². The van der Waals surface area contributed by atoms with Crippen LogP contribution in [0.3, 0.4) is 0 Å². The van der Waals surface area contributed by atoms with Crippen LogP contribution in [0.4, 0.5) is 11.4 Å². The lowest BCUT2D eigenvalue weighted by atomic mass is 10.2. The number of hydrogen-bond donors (Lipinski definition) is 1. The van der Waals surface area contributed by atoms with Crippen LogP contribution >= 0.6 is 15.9 Å². The maximum Gasteiger partial charge on any atom is 0.265 e. The maximum atomic E-state index is 12.9. The van der Waals surface area contributed by atoms with Crippen molar-refractivity contribution in [1.82, 2.24) is 0 Å². The summed E-state index contributed by atoms with van der Waals surface area (Å²) in [5.41, 5.74) is 7.79. The Hall–Kier alpha value is -1.53. The van der Waals surface area contributed by atoms with Gasteiger partial charge in [-0.2, -0.15) is 0 Å². The van der Waals surface area contributed by atoms with Crippen molar-refractivity contribution >= 4 is 37.3 Å². The second-order valence-corrected chi connectivity index (χ2v) is 7.38. The molecule has 0 aliphatic heterocycles. The number of halogens is 1. The summed E-state index contributed by atoms with van der Waals surface area (Å²) in [6.45, 7) is 4.08. The van der Waals surface area contributed by atoms with Gasteiger partial charge in [0.15, 0.2) is 0 Å². The Morgan fingerprint density at radius 1 is 1.19 bits per heavy atom. The number of anilines is 2. The first-order valence-electron chi connectivity index (χ1n) is 6.50. The molecule has 0 saturated carbocycles. The van der Waals surface area contributed by atoms with Gasteiger partial charge in [0.05, 0.1) is 5.69 Å². The Kier molecular flexibility index (Phi) is 4.58. The molecule has 2 aromatic rings. The van der Waals surface area contributed by atoms with E-state index >= 15 is 0 Å². The van der Waals surface area contributed by atoms with Crippen molar-refractivity contribution in [3.8, 4) is 0 Å². The molecule has 0 heterocycles. The molecule has 0 unspecified atom stereocenters. The second-order valence-electron chi connectivity index (χ2n) is 4.70. The van der Waals surface area contributed by atoms with E-state index in [1.54, 1.807) is 25.1 Å². The average Bonchev–Trinajstić information content (AvgIpc) is 2.42. The fraction of sp³-hybridized carbons (Fsp3) is 0.200. The molecule has 6 heteroatoms. The van der Waals surface area contributed by atoms with Gasteiger partial charge < -0.3 is 5.73 Å². The lowest BCUT2D eigenvalue weighted by Gasteiger charge is -2.24. The van der Waals surface area contributed by atoms with Crippen molar-refractivity contribution < 1.29 is 8.42 Å². The van der Waals surface area contributed by atoms with E-state index in [1.165, 1.54) is 10.4 Å². The van der Waals surface area contributed by atoms with Gasteiger partial charge in [0.1, 0.15) is 4.90 Å². The normalized spacial score (nSPS) is 11.4. The molecule has 21 heavy (non-hydrogen) atoms. The minimum Gasteiger partial charge on any atom is -0.399 e. The van der Waals surface area contributed by atoms with Crippen LogP contribution in [0.5, 0.6) is 0 Å². The van der Waals surface area contributed by atoms with Crippen LogP contribution in [0.15, 0.2) is 51.8 Å². The molecule has 0 spiro atoms. The Bertz CT molecular complexity index is 760. The van der Waals surface area contributed by atoms with Crippen LogP contribution < -0.4 is 10.0 Å². The highest BCUT2D eigenvalue weighted by Crippen LogP contribution is 2.30. The van der Waals surface area contributed by atoms with E-state index in [2.05, 4.69) is 15.9 Å². The quantitative estimate of drug-likeness (QED) is 0.839. The van der Waals surface area contributed by atoms with E-state index in [0.29, 0.717) is 22.4 Å². The van der Waals surface area contributed by atoms with Crippen molar-refractivity contribution in [1.29, 1.82) is 0 Å². The lowest BCUT2D eigenvalue weighted by Crippen LogP contribution is -2.31. The van der Waals surface area contributed by atoms with E-state index < -0.39 is 10.0 Å². The highest BCUT2D eigenvalue weighted by molar-refractivity contribution is 9.10. The molecule has 0 aliphatic rings. The second kappa shape index (κ2) is 6.07. The number of nitrogen functional groups attached to an aromatic ring is 1. The summed E-state index contributed by atoms with van der Waals surface area (Å²) < 4.78 is 27.7. The Morgan fingerprint density at radius 2 is 1.90 bits per heavy atom. The van der Waals surface area contributed by atoms with Crippen molar-refractivity contribution in [3.63, 3.8) is 0 Å². The van der Waals surface area contributed by atoms with E-state index in [1.807, 2.05) is 25.1 Å². The molecule has 112 valence electrons. The van der Waals surface area contributed by atoms with Gasteiger partial charge in [-0.1, -0.05) is 12.1 Å². The smallest absolute Gasteiger partial charge is 0.265 e. The Balaban J connectivity index is 2.57. The molecule has 0 atom stereocenters. The van der Waals surface area contributed by atoms with Crippen molar-refractivity contribution in [3.05, 3.63) is 52.5 Å². The number of benzene rings is 2. The summed E-state index contributed by atoms with van der Waals surface area (Å²) in [5.74, 6) is 0. The topological polar surface area (TPSA) is 63.4 Å². The largest absolute Gasteiger partial charge is 0.399 e. The first kappa shape index (κ1) is 15.9. The Morgan fingerprint density at radius 3 is 2.52 bits per heavy atom. The molecule has 0 aromatic heterocycles. The highest BCUT2D eigenvalue weighted by atomic mass is 79.9. The van der Waals surface area contributed by atoms with Crippen LogP contribution in [0.2, 0.25) is 0 Å². The monoisotopic (exact) mass is 368 g/mol. The zero-order chi connectivity index (χ0) is 15.6. The molecule has 4 nitrogen and oxygen atoms in total. The SMILES string of the molecule is CCN(c1cccc(C)c1)S(=O)(=O)c1cc(N)ccc1Br. The van der Waals surface area contributed by atoms with Crippen LogP contribution in [-0.2, 0) is 10.0 Å². The minimum atomic E-state index is -3.67. The van der Waals surface area contributed by atoms with E-state index in [9.17, 15) is 8.42 Å². The fourth-order valence-electron chi connectivity index (χ4n) is 2.11. The number of hydrogen-bond acceptors (Lipinski definition) is 3. The maximum absolute atomic E-state index is 12.9. The van der Waals surface area contributed by atoms with Gasteiger partial charge in [0.2, 0.25) is 0 Å². The number of nitrogens with two attached hydrogens (primary N) is 1. The van der Waals surface area contributed by atoms with Gasteiger partial charge in [0.25, 0.3) is 10.0 Å². The zero-order valence-electron chi connectivity index (χ0n) is 11.9. The molecule has 2 aromatic carbocycles. The van der Waals surface area contributed by atoms with E-state index in [-0.39, 0.29) is 4.90 Å². The standard InChI is InChI=1S/C15H17BrN2O2S/c1-3-18(13-6-4-5-11(2)9-13)21(19,20)15-10-12(17)7-8-14(15)16/h4-10H,3,17H2,1-2H3. The van der Waals surface area contributed by atoms with E-state index in [4.69, 9.17) is 5.73 Å². The van der Waals surface area contributed by atoms with Crippen LogP contribution in [0.25, 0.3) is 0 Å².